The second-order valence-corrected chi connectivity index (χ2v) is 8.34. The van der Waals surface area contributed by atoms with Crippen LogP contribution in [-0.4, -0.2) is 30.3 Å². The molecule has 1 atom stereocenters. The van der Waals surface area contributed by atoms with Gasteiger partial charge in [0.1, 0.15) is 0 Å². The van der Waals surface area contributed by atoms with Crippen LogP contribution in [0.15, 0.2) is 46.7 Å². The summed E-state index contributed by atoms with van der Waals surface area (Å²) < 4.78 is 26.0. The summed E-state index contributed by atoms with van der Waals surface area (Å²) in [6.45, 7) is 1.99. The molecule has 1 unspecified atom stereocenters. The van der Waals surface area contributed by atoms with Crippen LogP contribution in [0.25, 0.3) is 0 Å². The predicted octanol–water partition coefficient (Wildman–Crippen LogP) is 1.99. The van der Waals surface area contributed by atoms with Gasteiger partial charge < -0.3 is 11.5 Å². The molecule has 1 aliphatic carbocycles. The number of rotatable bonds is 4. The zero-order chi connectivity index (χ0) is 18.9. The Hall–Kier alpha value is -2.32. The van der Waals surface area contributed by atoms with Crippen LogP contribution in [0, 0.1) is 0 Å². The van der Waals surface area contributed by atoms with Gasteiger partial charge in [0, 0.05) is 17.5 Å². The highest BCUT2D eigenvalue weighted by Crippen LogP contribution is 2.36. The first-order valence-electron chi connectivity index (χ1n) is 8.45. The molecule has 0 saturated heterocycles. The molecule has 0 radical (unpaired) electrons. The molecule has 1 aliphatic rings. The largest absolute Gasteiger partial charge is 0.369 e. The fourth-order valence-electron chi connectivity index (χ4n) is 3.50. The van der Waals surface area contributed by atoms with Crippen LogP contribution >= 0.6 is 12.4 Å². The second kappa shape index (κ2) is 8.14. The van der Waals surface area contributed by atoms with E-state index in [4.69, 9.17) is 11.5 Å². The van der Waals surface area contributed by atoms with Gasteiger partial charge in [0.15, 0.2) is 0 Å². The van der Waals surface area contributed by atoms with Crippen molar-refractivity contribution >= 4 is 34.1 Å². The quantitative estimate of drug-likeness (QED) is 0.456. The number of aromatic nitrogens is 1. The summed E-state index contributed by atoms with van der Waals surface area (Å²) in [5.41, 5.74) is 15.3. The lowest BCUT2D eigenvalue weighted by molar-refractivity contribution is 0.587. The molecule has 0 bridgehead atoms. The molecule has 2 aromatic rings. The van der Waals surface area contributed by atoms with E-state index in [0.717, 1.165) is 22.4 Å². The molecule has 7 nitrogen and oxygen atoms in total. The van der Waals surface area contributed by atoms with Crippen LogP contribution in [0.2, 0.25) is 0 Å². The molecule has 1 heterocycles. The second-order valence-electron chi connectivity index (χ2n) is 6.48. The van der Waals surface area contributed by atoms with Gasteiger partial charge >= 0.3 is 0 Å². The molecule has 3 rings (SSSR count). The number of halogens is 1. The molecular formula is C18H24ClN5O2S. The number of hydrogen-bond acceptors (Lipinski definition) is 4. The van der Waals surface area contributed by atoms with Crippen molar-refractivity contribution in [2.75, 3.05) is 6.26 Å². The third-order valence-electron chi connectivity index (χ3n) is 4.61. The van der Waals surface area contributed by atoms with Gasteiger partial charge in [0.25, 0.3) is 0 Å². The Kier molecular flexibility index (Phi) is 6.33. The molecule has 0 fully saturated rings. The van der Waals surface area contributed by atoms with Gasteiger partial charge in [0.05, 0.1) is 12.0 Å². The first-order valence-corrected chi connectivity index (χ1v) is 10.3. The van der Waals surface area contributed by atoms with Crippen LogP contribution in [0.4, 0.5) is 0 Å². The SMILES string of the molecule is CCc1cn(S(C)(=O)=O)c2c1/C(=N/N=C(N)N)CC(c1ccccc1)C2.Cl. The summed E-state index contributed by atoms with van der Waals surface area (Å²) in [5.74, 6) is -0.0155. The highest BCUT2D eigenvalue weighted by atomic mass is 35.5. The molecule has 4 N–H and O–H groups in total. The third kappa shape index (κ3) is 4.33. The van der Waals surface area contributed by atoms with Gasteiger partial charge in [-0.2, -0.15) is 5.10 Å². The number of aryl methyl sites for hydroxylation is 1. The maximum Gasteiger partial charge on any atom is 0.235 e. The number of guanidine groups is 1. The molecule has 1 aromatic heterocycles. The van der Waals surface area contributed by atoms with Crippen LogP contribution < -0.4 is 11.5 Å². The van der Waals surface area contributed by atoms with E-state index in [0.29, 0.717) is 25.0 Å². The zero-order valence-corrected chi connectivity index (χ0v) is 16.9. The topological polar surface area (TPSA) is 116 Å². The average Bonchev–Trinajstić information content (AvgIpc) is 2.99. The number of hydrogen-bond donors (Lipinski definition) is 2. The smallest absolute Gasteiger partial charge is 0.235 e. The Labute approximate surface area is 165 Å². The van der Waals surface area contributed by atoms with Gasteiger partial charge in [-0.25, -0.2) is 12.4 Å². The van der Waals surface area contributed by atoms with Crippen molar-refractivity contribution < 1.29 is 8.42 Å². The molecule has 9 heteroatoms. The van der Waals surface area contributed by atoms with E-state index in [2.05, 4.69) is 10.2 Å². The first-order chi connectivity index (χ1) is 12.3. The van der Waals surface area contributed by atoms with Crippen molar-refractivity contribution in [2.24, 2.45) is 21.7 Å². The Bertz CT molecular complexity index is 977. The van der Waals surface area contributed by atoms with E-state index in [1.165, 1.54) is 10.2 Å². The fourth-order valence-corrected chi connectivity index (χ4v) is 4.38. The molecule has 1 aromatic carbocycles. The van der Waals surface area contributed by atoms with E-state index < -0.39 is 10.0 Å². The highest BCUT2D eigenvalue weighted by molar-refractivity contribution is 7.89. The Morgan fingerprint density at radius 1 is 1.22 bits per heavy atom. The Balaban J connectivity index is 0.00000261. The normalized spacial score (nSPS) is 17.9. The highest BCUT2D eigenvalue weighted by Gasteiger charge is 2.32. The van der Waals surface area contributed by atoms with Crippen LogP contribution in [0.3, 0.4) is 0 Å². The van der Waals surface area contributed by atoms with E-state index in [1.54, 1.807) is 6.20 Å². The van der Waals surface area contributed by atoms with Crippen LogP contribution in [-0.2, 0) is 22.9 Å². The van der Waals surface area contributed by atoms with Crippen molar-refractivity contribution in [3.05, 3.63) is 58.9 Å². The number of fused-ring (bicyclic) bond motifs is 1. The van der Waals surface area contributed by atoms with Crippen molar-refractivity contribution in [2.45, 2.75) is 32.1 Å². The van der Waals surface area contributed by atoms with Crippen molar-refractivity contribution in [1.82, 2.24) is 3.97 Å². The summed E-state index contributed by atoms with van der Waals surface area (Å²) >= 11 is 0. The molecule has 27 heavy (non-hydrogen) atoms. The summed E-state index contributed by atoms with van der Waals surface area (Å²) in [5, 5.41) is 8.07. The van der Waals surface area contributed by atoms with Gasteiger partial charge in [-0.05, 0) is 36.3 Å². The lowest BCUT2D eigenvalue weighted by atomic mass is 9.81. The van der Waals surface area contributed by atoms with E-state index in [1.807, 2.05) is 37.3 Å². The Morgan fingerprint density at radius 3 is 2.44 bits per heavy atom. The fraction of sp³-hybridized carbons (Fsp3) is 0.333. The number of benzene rings is 1. The molecule has 146 valence electrons. The van der Waals surface area contributed by atoms with E-state index >= 15 is 0 Å². The minimum atomic E-state index is -3.42. The van der Waals surface area contributed by atoms with E-state index in [-0.39, 0.29) is 24.3 Å². The number of nitrogens with zero attached hydrogens (tertiary/aromatic N) is 3. The molecule has 0 amide bonds. The van der Waals surface area contributed by atoms with Gasteiger partial charge in [-0.3, -0.25) is 0 Å². The van der Waals surface area contributed by atoms with E-state index in [9.17, 15) is 8.42 Å². The summed E-state index contributed by atoms with van der Waals surface area (Å²) in [6, 6.07) is 10.0. The zero-order valence-electron chi connectivity index (χ0n) is 15.3. The molecule has 0 saturated carbocycles. The maximum absolute atomic E-state index is 12.3. The van der Waals surface area contributed by atoms with Crippen LogP contribution in [0.5, 0.6) is 0 Å². The lowest BCUT2D eigenvalue weighted by Crippen LogP contribution is -2.25. The molecule has 0 aliphatic heterocycles. The van der Waals surface area contributed by atoms with Gasteiger partial charge in [-0.15, -0.1) is 17.5 Å². The first kappa shape index (κ1) is 21.0. The monoisotopic (exact) mass is 409 g/mol. The van der Waals surface area contributed by atoms with Gasteiger partial charge in [-0.1, -0.05) is 37.3 Å². The van der Waals surface area contributed by atoms with Gasteiger partial charge in [0.2, 0.25) is 16.0 Å². The van der Waals surface area contributed by atoms with Crippen molar-refractivity contribution in [1.29, 1.82) is 0 Å². The minimum Gasteiger partial charge on any atom is -0.369 e. The summed E-state index contributed by atoms with van der Waals surface area (Å²) in [6.07, 6.45) is 4.87. The van der Waals surface area contributed by atoms with Crippen molar-refractivity contribution in [3.8, 4) is 0 Å². The predicted molar refractivity (Wildman–Crippen MR) is 111 cm³/mol. The lowest BCUT2D eigenvalue weighted by Gasteiger charge is -2.25. The summed E-state index contributed by atoms with van der Waals surface area (Å²) in [7, 11) is -3.42. The maximum atomic E-state index is 12.3. The third-order valence-corrected chi connectivity index (χ3v) is 5.65. The van der Waals surface area contributed by atoms with Crippen LogP contribution in [0.1, 0.15) is 41.6 Å². The van der Waals surface area contributed by atoms with Crippen molar-refractivity contribution in [3.63, 3.8) is 0 Å². The minimum absolute atomic E-state index is 0. The number of nitrogens with two attached hydrogens (primary N) is 2. The molecular weight excluding hydrogens is 386 g/mol. The molecule has 0 spiro atoms. The average molecular weight is 410 g/mol. The summed E-state index contributed by atoms with van der Waals surface area (Å²) in [4.78, 5) is 0. The Morgan fingerprint density at radius 2 is 1.89 bits per heavy atom. The standard InChI is InChI=1S/C18H23N5O2S.ClH/c1-3-12-11-23(26(2,24)25)16-10-14(13-7-5-4-6-8-13)9-15(17(12)16)21-22-18(19)20;/h4-8,11,14H,3,9-10H2,1-2H3,(H4,19,20,22);1H/b21-15+;.